The number of nitrogens with one attached hydrogen (secondary N) is 1. The van der Waals surface area contributed by atoms with Crippen molar-refractivity contribution in [1.82, 2.24) is 5.32 Å². The van der Waals surface area contributed by atoms with Crippen LogP contribution >= 0.6 is 0 Å². The van der Waals surface area contributed by atoms with E-state index in [2.05, 4.69) is 5.32 Å². The predicted molar refractivity (Wildman–Crippen MR) is 74.2 cm³/mol. The first-order valence-electron chi connectivity index (χ1n) is 6.11. The number of benzene rings is 1. The first-order chi connectivity index (χ1) is 9.00. The van der Waals surface area contributed by atoms with Crippen LogP contribution in [0, 0.1) is 11.2 Å². The summed E-state index contributed by atoms with van der Waals surface area (Å²) in [6.45, 7) is 6.50. The third kappa shape index (κ3) is 4.90. The number of halogens is 1. The number of sulfonamides is 1. The molecule has 0 aromatic heterocycles. The van der Waals surface area contributed by atoms with E-state index in [1.54, 1.807) is 0 Å². The zero-order valence-corrected chi connectivity index (χ0v) is 12.6. The quantitative estimate of drug-likeness (QED) is 0.886. The summed E-state index contributed by atoms with van der Waals surface area (Å²) in [6, 6.07) is 2.96. The fourth-order valence-corrected chi connectivity index (χ4v) is 2.03. The van der Waals surface area contributed by atoms with Gasteiger partial charge in [0, 0.05) is 6.54 Å². The normalized spacial score (nSPS) is 12.2. The van der Waals surface area contributed by atoms with Gasteiger partial charge in [-0.2, -0.15) is 0 Å². The molecule has 3 N–H and O–H groups in total. The molecule has 0 aliphatic rings. The lowest BCUT2D eigenvalue weighted by Crippen LogP contribution is -2.28. The Kier molecular flexibility index (Phi) is 4.88. The van der Waals surface area contributed by atoms with Gasteiger partial charge < -0.3 is 5.32 Å². The van der Waals surface area contributed by atoms with Gasteiger partial charge in [0.15, 0.2) is 0 Å². The summed E-state index contributed by atoms with van der Waals surface area (Å²) in [4.78, 5) is 11.4. The molecule has 0 fully saturated rings. The highest BCUT2D eigenvalue weighted by Gasteiger charge is 2.17. The molecule has 0 saturated carbocycles. The molecule has 0 spiro atoms. The minimum atomic E-state index is -3.98. The van der Waals surface area contributed by atoms with Gasteiger partial charge in [0.05, 0.1) is 10.5 Å². The molecule has 5 nitrogen and oxygen atoms in total. The number of carbonyl (C=O) groups is 1. The second kappa shape index (κ2) is 5.88. The molecule has 0 atom stereocenters. The zero-order chi connectivity index (χ0) is 15.6. The number of primary sulfonamides is 1. The molecule has 0 bridgehead atoms. The molecule has 0 aliphatic carbocycles. The molecule has 1 amide bonds. The van der Waals surface area contributed by atoms with Crippen LogP contribution in [0.15, 0.2) is 23.1 Å². The van der Waals surface area contributed by atoms with Crippen LogP contribution in [0.5, 0.6) is 0 Å². The van der Waals surface area contributed by atoms with E-state index in [4.69, 9.17) is 5.14 Å². The van der Waals surface area contributed by atoms with Gasteiger partial charge in [-0.15, -0.1) is 0 Å². The summed E-state index contributed by atoms with van der Waals surface area (Å²) in [7, 11) is -3.98. The standard InChI is InChI=1S/C13H19FN2O3S/c1-13(2,3)6-7-16-12(17)10-5-4-9(8-11(10)14)20(15,18)19/h4-5,8H,6-7H2,1-3H3,(H,16,17)(H2,15,18,19). The Hall–Kier alpha value is -1.47. The van der Waals surface area contributed by atoms with Gasteiger partial charge in [-0.05, 0) is 30.0 Å². The van der Waals surface area contributed by atoms with Crippen molar-refractivity contribution in [3.05, 3.63) is 29.6 Å². The van der Waals surface area contributed by atoms with Crippen molar-refractivity contribution in [2.45, 2.75) is 32.1 Å². The van der Waals surface area contributed by atoms with Crippen LogP contribution in [-0.4, -0.2) is 20.9 Å². The van der Waals surface area contributed by atoms with Crippen molar-refractivity contribution in [2.75, 3.05) is 6.54 Å². The number of hydrogen-bond acceptors (Lipinski definition) is 3. The summed E-state index contributed by atoms with van der Waals surface area (Å²) < 4.78 is 35.8. The first kappa shape index (κ1) is 16.6. The number of rotatable bonds is 4. The van der Waals surface area contributed by atoms with Crippen LogP contribution in [-0.2, 0) is 10.0 Å². The van der Waals surface area contributed by atoms with Gasteiger partial charge in [0.25, 0.3) is 5.91 Å². The van der Waals surface area contributed by atoms with Gasteiger partial charge in [0.2, 0.25) is 10.0 Å². The number of amides is 1. The van der Waals surface area contributed by atoms with Crippen molar-refractivity contribution >= 4 is 15.9 Å². The van der Waals surface area contributed by atoms with Gasteiger partial charge in [-0.25, -0.2) is 17.9 Å². The number of nitrogens with two attached hydrogens (primary N) is 1. The highest BCUT2D eigenvalue weighted by atomic mass is 32.2. The summed E-state index contributed by atoms with van der Waals surface area (Å²) >= 11 is 0. The Morgan fingerprint density at radius 2 is 1.95 bits per heavy atom. The largest absolute Gasteiger partial charge is 0.352 e. The third-order valence-electron chi connectivity index (χ3n) is 2.67. The van der Waals surface area contributed by atoms with Crippen molar-refractivity contribution in [3.63, 3.8) is 0 Å². The molecule has 0 saturated heterocycles. The molecule has 0 aliphatic heterocycles. The fraction of sp³-hybridized carbons (Fsp3) is 0.462. The van der Waals surface area contributed by atoms with Crippen LogP contribution in [0.3, 0.4) is 0 Å². The molecule has 20 heavy (non-hydrogen) atoms. The van der Waals surface area contributed by atoms with Crippen molar-refractivity contribution in [1.29, 1.82) is 0 Å². The van der Waals surface area contributed by atoms with Gasteiger partial charge in [-0.1, -0.05) is 20.8 Å². The third-order valence-corrected chi connectivity index (χ3v) is 3.59. The lowest BCUT2D eigenvalue weighted by Gasteiger charge is -2.18. The van der Waals surface area contributed by atoms with Gasteiger partial charge in [0.1, 0.15) is 5.82 Å². The summed E-state index contributed by atoms with van der Waals surface area (Å²) in [5.74, 6) is -1.49. The van der Waals surface area contributed by atoms with E-state index in [1.807, 2.05) is 20.8 Å². The van der Waals surface area contributed by atoms with Gasteiger partial charge in [-0.3, -0.25) is 4.79 Å². The Balaban J connectivity index is 2.80. The maximum absolute atomic E-state index is 13.7. The summed E-state index contributed by atoms with van der Waals surface area (Å²) in [5.41, 5.74) is -0.144. The van der Waals surface area contributed by atoms with Crippen molar-refractivity contribution < 1.29 is 17.6 Å². The van der Waals surface area contributed by atoms with Crippen LogP contribution in [0.2, 0.25) is 0 Å². The second-order valence-corrected chi connectivity index (χ2v) is 7.31. The SMILES string of the molecule is CC(C)(C)CCNC(=O)c1ccc(S(N)(=O)=O)cc1F. The smallest absolute Gasteiger partial charge is 0.254 e. The summed E-state index contributed by atoms with van der Waals surface area (Å²) in [5, 5.41) is 7.48. The summed E-state index contributed by atoms with van der Waals surface area (Å²) in [6.07, 6.45) is 0.746. The zero-order valence-electron chi connectivity index (χ0n) is 11.7. The Labute approximate surface area is 118 Å². The average molecular weight is 302 g/mol. The Morgan fingerprint density at radius 1 is 1.35 bits per heavy atom. The molecule has 0 heterocycles. The molecule has 1 rings (SSSR count). The molecule has 0 unspecified atom stereocenters. The predicted octanol–water partition coefficient (Wildman–Crippen LogP) is 1.64. The van der Waals surface area contributed by atoms with Gasteiger partial charge >= 0.3 is 0 Å². The Bertz CT molecular complexity index is 607. The van der Waals surface area contributed by atoms with Crippen LogP contribution in [0.1, 0.15) is 37.6 Å². The van der Waals surface area contributed by atoms with E-state index in [9.17, 15) is 17.6 Å². The molecule has 1 aromatic carbocycles. The topological polar surface area (TPSA) is 89.3 Å². The fourth-order valence-electron chi connectivity index (χ4n) is 1.50. The number of hydrogen-bond donors (Lipinski definition) is 2. The van der Waals surface area contributed by atoms with Crippen LogP contribution in [0.4, 0.5) is 4.39 Å². The highest BCUT2D eigenvalue weighted by molar-refractivity contribution is 7.89. The van der Waals surface area contributed by atoms with Crippen LogP contribution < -0.4 is 10.5 Å². The second-order valence-electron chi connectivity index (χ2n) is 5.75. The monoisotopic (exact) mass is 302 g/mol. The minimum Gasteiger partial charge on any atom is -0.352 e. The van der Waals surface area contributed by atoms with E-state index in [0.29, 0.717) is 6.54 Å². The van der Waals surface area contributed by atoms with E-state index >= 15 is 0 Å². The lowest BCUT2D eigenvalue weighted by atomic mass is 9.92. The maximum Gasteiger partial charge on any atom is 0.254 e. The van der Waals surface area contributed by atoms with E-state index in [-0.39, 0.29) is 15.9 Å². The lowest BCUT2D eigenvalue weighted by molar-refractivity contribution is 0.0945. The molecule has 1 aromatic rings. The highest BCUT2D eigenvalue weighted by Crippen LogP contribution is 2.17. The van der Waals surface area contributed by atoms with Crippen LogP contribution in [0.25, 0.3) is 0 Å². The first-order valence-corrected chi connectivity index (χ1v) is 7.66. The molecule has 0 radical (unpaired) electrons. The molecular weight excluding hydrogens is 283 g/mol. The van der Waals surface area contributed by atoms with E-state index in [1.165, 1.54) is 0 Å². The number of carbonyl (C=O) groups excluding carboxylic acids is 1. The molecule has 112 valence electrons. The Morgan fingerprint density at radius 3 is 2.40 bits per heavy atom. The van der Waals surface area contributed by atoms with Crippen molar-refractivity contribution in [2.24, 2.45) is 10.6 Å². The molecular formula is C13H19FN2O3S. The molecule has 7 heteroatoms. The maximum atomic E-state index is 13.7. The minimum absolute atomic E-state index is 0.0588. The average Bonchev–Trinajstić information content (AvgIpc) is 2.25. The van der Waals surface area contributed by atoms with E-state index < -0.39 is 21.7 Å². The van der Waals surface area contributed by atoms with Crippen molar-refractivity contribution in [3.8, 4) is 0 Å². The van der Waals surface area contributed by atoms with E-state index in [0.717, 1.165) is 24.6 Å².